The third kappa shape index (κ3) is 21.7. The van der Waals surface area contributed by atoms with Gasteiger partial charge in [0.1, 0.15) is 5.71 Å². The molecule has 29 heavy (non-hydrogen) atoms. The molecule has 3 N–H and O–H groups in total. The molecule has 0 aliphatic rings. The van der Waals surface area contributed by atoms with Crippen LogP contribution in [0.4, 0.5) is 0 Å². The molecule has 0 rings (SSSR count). The molecule has 1 radical (unpaired) electrons. The number of carbonyl (C=O) groups excluding carboxylic acids is 1. The second kappa shape index (κ2) is 23.4. The van der Waals surface area contributed by atoms with Crippen LogP contribution in [-0.4, -0.2) is 102 Å². The fraction of sp³-hybridized carbons (Fsp3) is 0.833. The molecule has 0 heterocycles. The number of aliphatic imine (C=N–C) groups is 1. The first-order valence-corrected chi connectivity index (χ1v) is 9.40. The molecule has 11 heteroatoms. The van der Waals surface area contributed by atoms with Gasteiger partial charge in [-0.15, -0.1) is 0 Å². The molecule has 0 aliphatic carbocycles. The van der Waals surface area contributed by atoms with Crippen molar-refractivity contribution in [2.75, 3.05) is 79.2 Å². The monoisotopic (exact) mass is 456 g/mol. The van der Waals surface area contributed by atoms with Gasteiger partial charge in [0.25, 0.3) is 0 Å². The fourth-order valence-electron chi connectivity index (χ4n) is 1.65. The van der Waals surface area contributed by atoms with Crippen LogP contribution >= 0.6 is 0 Å². The van der Waals surface area contributed by atoms with Gasteiger partial charge in [-0.1, -0.05) is 13.8 Å². The van der Waals surface area contributed by atoms with Crippen LogP contribution < -0.4 is 5.84 Å². The molecule has 0 spiro atoms. The number of aliphatic hydroxyl groups is 1. The Hall–Kier alpha value is -0.846. The Balaban J connectivity index is 0. The van der Waals surface area contributed by atoms with Crippen LogP contribution in [0.25, 0.3) is 0 Å². The Morgan fingerprint density at radius 3 is 1.76 bits per heavy atom. The number of hydrogen-bond donors (Lipinski definition) is 2. The molecule has 0 fully saturated rings. The first-order chi connectivity index (χ1) is 13.6. The molecule has 0 saturated carbocycles. The molecule has 10 nitrogen and oxygen atoms in total. The number of Topliss-reactive ketones (excluding diaryl/α,β-unsaturated/α-hetero) is 1. The maximum absolute atomic E-state index is 11.5. The van der Waals surface area contributed by atoms with Gasteiger partial charge in [0.05, 0.1) is 79.2 Å². The first kappa shape index (κ1) is 30.3. The minimum atomic E-state index is -0.0442. The minimum absolute atomic E-state index is 0. The van der Waals surface area contributed by atoms with Crippen molar-refractivity contribution in [2.45, 2.75) is 13.8 Å². The Morgan fingerprint density at radius 2 is 1.34 bits per heavy atom. The van der Waals surface area contributed by atoms with Gasteiger partial charge in [0, 0.05) is 30.7 Å². The summed E-state index contributed by atoms with van der Waals surface area (Å²) in [5.41, 5.74) is 0.460. The largest absolute Gasteiger partial charge is 0.394 e. The smallest absolute Gasteiger partial charge is 0.156 e. The molecule has 0 bridgehead atoms. The summed E-state index contributed by atoms with van der Waals surface area (Å²) in [7, 11) is 0. The van der Waals surface area contributed by atoms with Crippen molar-refractivity contribution in [2.24, 2.45) is 21.9 Å². The van der Waals surface area contributed by atoms with E-state index in [-0.39, 0.29) is 50.0 Å². The van der Waals surface area contributed by atoms with E-state index in [0.29, 0.717) is 65.2 Å². The van der Waals surface area contributed by atoms with Crippen molar-refractivity contribution in [3.8, 4) is 0 Å². The molecular formula is C18H35N3O7V. The number of rotatable bonds is 20. The zero-order valence-electron chi connectivity index (χ0n) is 17.5. The summed E-state index contributed by atoms with van der Waals surface area (Å²) >= 11 is 0. The molecule has 0 aromatic heterocycles. The molecule has 0 aliphatic heterocycles. The van der Waals surface area contributed by atoms with E-state index >= 15 is 0 Å². The summed E-state index contributed by atoms with van der Waals surface area (Å²) in [5.74, 6) is 5.28. The Labute approximate surface area is 185 Å². The number of ketones is 1. The number of nitrogens with two attached hydrogens (primary N) is 1. The van der Waals surface area contributed by atoms with E-state index in [4.69, 9.17) is 34.6 Å². The van der Waals surface area contributed by atoms with Crippen LogP contribution in [0.1, 0.15) is 13.8 Å². The molecule has 169 valence electrons. The first-order valence-electron chi connectivity index (χ1n) is 9.40. The topological polar surface area (TPSA) is 134 Å². The van der Waals surface area contributed by atoms with E-state index in [1.54, 1.807) is 0 Å². The maximum Gasteiger partial charge on any atom is 0.156 e. The van der Waals surface area contributed by atoms with Crippen LogP contribution in [0.5, 0.6) is 0 Å². The van der Waals surface area contributed by atoms with Crippen molar-refractivity contribution in [3.05, 3.63) is 0 Å². The average molecular weight is 456 g/mol. The van der Waals surface area contributed by atoms with Crippen molar-refractivity contribution in [1.82, 2.24) is 0 Å². The van der Waals surface area contributed by atoms with Crippen LogP contribution in [0.2, 0.25) is 0 Å². The Morgan fingerprint density at radius 1 is 0.897 bits per heavy atom. The average Bonchev–Trinajstić information content (AvgIpc) is 2.69. The molecule has 0 atom stereocenters. The molecule has 0 unspecified atom stereocenters. The van der Waals surface area contributed by atoms with Crippen molar-refractivity contribution < 1.29 is 52.1 Å². The van der Waals surface area contributed by atoms with Gasteiger partial charge < -0.3 is 34.6 Å². The standard InChI is InChI=1S/C18H35N3O7.V/c1-16(2)18(23)14-20-13-17(21-19)15-28-12-11-27-10-9-26-8-7-25-6-5-24-4-3-22;/h13,16,22H,3-12,14-15,19H2,1-2H3;/b20-13?,21-17+;. The molecule has 0 amide bonds. The molecule has 0 aromatic rings. The number of hydrogen-bond acceptors (Lipinski definition) is 10. The van der Waals surface area contributed by atoms with E-state index in [1.165, 1.54) is 6.21 Å². The Bertz CT molecular complexity index is 438. The zero-order chi connectivity index (χ0) is 20.9. The number of carbonyl (C=O) groups is 1. The number of hydrazone groups is 1. The second-order valence-electron chi connectivity index (χ2n) is 5.94. The predicted molar refractivity (Wildman–Crippen MR) is 106 cm³/mol. The van der Waals surface area contributed by atoms with Gasteiger partial charge in [-0.25, -0.2) is 0 Å². The second-order valence-corrected chi connectivity index (χ2v) is 5.94. The molecule has 0 saturated heterocycles. The van der Waals surface area contributed by atoms with Crippen molar-refractivity contribution in [3.63, 3.8) is 0 Å². The number of nitrogens with zero attached hydrogens (tertiary/aromatic N) is 2. The van der Waals surface area contributed by atoms with Gasteiger partial charge >= 0.3 is 0 Å². The number of ether oxygens (including phenoxy) is 5. The normalized spacial score (nSPS) is 11.9. The van der Waals surface area contributed by atoms with Gasteiger partial charge in [0.15, 0.2) is 5.78 Å². The summed E-state index contributed by atoms with van der Waals surface area (Å²) in [6.07, 6.45) is 1.45. The van der Waals surface area contributed by atoms with E-state index < -0.39 is 0 Å². The Kier molecular flexibility index (Phi) is 24.5. The summed E-state index contributed by atoms with van der Waals surface area (Å²) in [6.45, 7) is 7.95. The van der Waals surface area contributed by atoms with Gasteiger partial charge in [-0.2, -0.15) is 5.10 Å². The van der Waals surface area contributed by atoms with Gasteiger partial charge in [-0.3, -0.25) is 9.79 Å². The third-order valence-electron chi connectivity index (χ3n) is 3.27. The third-order valence-corrected chi connectivity index (χ3v) is 3.27. The van der Waals surface area contributed by atoms with Gasteiger partial charge in [0.2, 0.25) is 0 Å². The summed E-state index contributed by atoms with van der Waals surface area (Å²) in [6, 6.07) is 0. The predicted octanol–water partition coefficient (Wildman–Crippen LogP) is -0.330. The van der Waals surface area contributed by atoms with E-state index in [0.717, 1.165) is 0 Å². The SMILES string of the molecule is CC(C)C(=O)CN=C/C(COCCOCCOCCOCCOCCO)=N\N.[V]. The fourth-order valence-corrected chi connectivity index (χ4v) is 1.65. The van der Waals surface area contributed by atoms with Crippen LogP contribution in [0.15, 0.2) is 10.1 Å². The van der Waals surface area contributed by atoms with E-state index in [2.05, 4.69) is 10.1 Å². The van der Waals surface area contributed by atoms with Crippen LogP contribution in [0, 0.1) is 5.92 Å². The van der Waals surface area contributed by atoms with Crippen molar-refractivity contribution in [1.29, 1.82) is 0 Å². The maximum atomic E-state index is 11.5. The summed E-state index contributed by atoms with van der Waals surface area (Å²) in [5, 5.41) is 12.1. The van der Waals surface area contributed by atoms with Crippen LogP contribution in [-0.2, 0) is 47.0 Å². The molecular weight excluding hydrogens is 421 g/mol. The van der Waals surface area contributed by atoms with Gasteiger partial charge in [-0.05, 0) is 0 Å². The number of aliphatic hydroxyl groups excluding tert-OH is 1. The molecule has 0 aromatic carbocycles. The summed E-state index contributed by atoms with van der Waals surface area (Å²) < 4.78 is 26.5. The minimum Gasteiger partial charge on any atom is -0.394 e. The zero-order valence-corrected chi connectivity index (χ0v) is 18.9. The summed E-state index contributed by atoms with van der Waals surface area (Å²) in [4.78, 5) is 15.5. The van der Waals surface area contributed by atoms with E-state index in [9.17, 15) is 4.79 Å². The van der Waals surface area contributed by atoms with Crippen LogP contribution in [0.3, 0.4) is 0 Å². The quantitative estimate of drug-likeness (QED) is 0.110. The van der Waals surface area contributed by atoms with Crippen molar-refractivity contribution >= 4 is 17.7 Å². The van der Waals surface area contributed by atoms with E-state index in [1.807, 2.05) is 13.8 Å².